The molecule has 94 valence electrons. The van der Waals surface area contributed by atoms with Gasteiger partial charge in [-0.25, -0.2) is 0 Å². The Labute approximate surface area is 112 Å². The van der Waals surface area contributed by atoms with Crippen molar-refractivity contribution in [1.29, 1.82) is 0 Å². The largest absolute Gasteiger partial charge is 0.496 e. The van der Waals surface area contributed by atoms with E-state index in [4.69, 9.17) is 16.3 Å². The van der Waals surface area contributed by atoms with Crippen LogP contribution in [0.5, 0.6) is 5.75 Å². The second-order valence-electron chi connectivity index (χ2n) is 3.88. The van der Waals surface area contributed by atoms with Crippen molar-refractivity contribution in [3.05, 3.63) is 58.9 Å². The van der Waals surface area contributed by atoms with Crippen molar-refractivity contribution in [2.45, 2.75) is 13.1 Å². The predicted molar refractivity (Wildman–Crippen MR) is 72.8 cm³/mol. The van der Waals surface area contributed by atoms with Crippen molar-refractivity contribution >= 4 is 11.6 Å². The van der Waals surface area contributed by atoms with Gasteiger partial charge >= 0.3 is 0 Å². The summed E-state index contributed by atoms with van der Waals surface area (Å²) in [5, 5.41) is 4.03. The summed E-state index contributed by atoms with van der Waals surface area (Å²) in [5.74, 6) is 0.894. The van der Waals surface area contributed by atoms with Crippen LogP contribution in [0.25, 0.3) is 0 Å². The van der Waals surface area contributed by atoms with Crippen molar-refractivity contribution in [3.63, 3.8) is 0 Å². The molecular formula is C14H15ClN2O. The van der Waals surface area contributed by atoms with E-state index in [1.807, 2.05) is 30.3 Å². The van der Waals surface area contributed by atoms with Crippen LogP contribution in [0.1, 0.15) is 11.1 Å². The average Bonchev–Trinajstić information content (AvgIpc) is 2.41. The van der Waals surface area contributed by atoms with Gasteiger partial charge in [0.1, 0.15) is 5.75 Å². The molecule has 0 fully saturated rings. The first-order valence-electron chi connectivity index (χ1n) is 5.72. The number of aromatic nitrogens is 1. The van der Waals surface area contributed by atoms with Gasteiger partial charge in [0.15, 0.2) is 0 Å². The van der Waals surface area contributed by atoms with Gasteiger partial charge in [0.05, 0.1) is 12.1 Å². The molecule has 2 rings (SSSR count). The molecule has 1 aromatic carbocycles. The van der Waals surface area contributed by atoms with E-state index >= 15 is 0 Å². The standard InChI is InChI=1S/C14H15ClN2O/c1-18-14-5-3-2-4-12(14)9-17-8-11-6-7-16-10-13(11)15/h2-7,10,17H,8-9H2,1H3. The molecule has 0 bridgehead atoms. The topological polar surface area (TPSA) is 34.1 Å². The molecule has 1 heterocycles. The molecule has 1 N–H and O–H groups in total. The third-order valence-electron chi connectivity index (χ3n) is 2.68. The molecule has 0 saturated carbocycles. The quantitative estimate of drug-likeness (QED) is 0.899. The van der Waals surface area contributed by atoms with Gasteiger partial charge in [0.25, 0.3) is 0 Å². The van der Waals surface area contributed by atoms with Crippen LogP contribution in [0.15, 0.2) is 42.7 Å². The Morgan fingerprint density at radius 3 is 2.72 bits per heavy atom. The molecule has 0 aliphatic rings. The highest BCUT2D eigenvalue weighted by Gasteiger charge is 2.02. The summed E-state index contributed by atoms with van der Waals surface area (Å²) >= 11 is 6.04. The molecule has 0 saturated heterocycles. The maximum atomic E-state index is 6.04. The lowest BCUT2D eigenvalue weighted by atomic mass is 10.2. The normalized spacial score (nSPS) is 10.3. The number of benzene rings is 1. The van der Waals surface area contributed by atoms with Gasteiger partial charge < -0.3 is 10.1 Å². The highest BCUT2D eigenvalue weighted by atomic mass is 35.5. The zero-order valence-corrected chi connectivity index (χ0v) is 10.9. The molecule has 3 nitrogen and oxygen atoms in total. The molecule has 18 heavy (non-hydrogen) atoms. The molecule has 0 aliphatic carbocycles. The van der Waals surface area contributed by atoms with E-state index in [1.165, 1.54) is 0 Å². The molecule has 0 atom stereocenters. The number of rotatable bonds is 5. The zero-order chi connectivity index (χ0) is 12.8. The smallest absolute Gasteiger partial charge is 0.123 e. The van der Waals surface area contributed by atoms with Crippen LogP contribution in [-0.4, -0.2) is 12.1 Å². The summed E-state index contributed by atoms with van der Waals surface area (Å²) in [6.45, 7) is 1.45. The molecule has 2 aromatic rings. The first-order chi connectivity index (χ1) is 8.81. The van der Waals surface area contributed by atoms with E-state index in [1.54, 1.807) is 19.5 Å². The number of ether oxygens (including phenoxy) is 1. The fourth-order valence-electron chi connectivity index (χ4n) is 1.73. The molecule has 0 radical (unpaired) electrons. The number of nitrogens with one attached hydrogen (secondary N) is 1. The molecular weight excluding hydrogens is 248 g/mol. The van der Waals surface area contributed by atoms with Crippen LogP contribution in [0.2, 0.25) is 5.02 Å². The van der Waals surface area contributed by atoms with Gasteiger partial charge in [-0.15, -0.1) is 0 Å². The first kappa shape index (κ1) is 12.9. The number of hydrogen-bond acceptors (Lipinski definition) is 3. The molecule has 0 amide bonds. The van der Waals surface area contributed by atoms with Gasteiger partial charge in [0, 0.05) is 31.0 Å². The lowest BCUT2D eigenvalue weighted by Crippen LogP contribution is -2.13. The van der Waals surface area contributed by atoms with Crippen LogP contribution in [0.3, 0.4) is 0 Å². The van der Waals surface area contributed by atoms with Crippen LogP contribution >= 0.6 is 11.6 Å². The van der Waals surface area contributed by atoms with Gasteiger partial charge in [-0.05, 0) is 17.7 Å². The summed E-state index contributed by atoms with van der Waals surface area (Å²) in [6, 6.07) is 9.87. The number of methoxy groups -OCH3 is 1. The number of nitrogens with zero attached hydrogens (tertiary/aromatic N) is 1. The molecule has 0 aliphatic heterocycles. The Morgan fingerprint density at radius 1 is 1.17 bits per heavy atom. The highest BCUT2D eigenvalue weighted by molar-refractivity contribution is 6.31. The maximum Gasteiger partial charge on any atom is 0.123 e. The van der Waals surface area contributed by atoms with Crippen molar-refractivity contribution < 1.29 is 4.74 Å². The molecule has 0 unspecified atom stereocenters. The third-order valence-corrected chi connectivity index (χ3v) is 3.02. The van der Waals surface area contributed by atoms with E-state index in [0.29, 0.717) is 11.6 Å². The SMILES string of the molecule is COc1ccccc1CNCc1ccncc1Cl. The Morgan fingerprint density at radius 2 is 1.94 bits per heavy atom. The lowest BCUT2D eigenvalue weighted by molar-refractivity contribution is 0.407. The Hall–Kier alpha value is -1.58. The van der Waals surface area contributed by atoms with Crippen molar-refractivity contribution in [2.24, 2.45) is 0 Å². The number of pyridine rings is 1. The molecule has 1 aromatic heterocycles. The van der Waals surface area contributed by atoms with E-state index < -0.39 is 0 Å². The van der Waals surface area contributed by atoms with Crippen LogP contribution < -0.4 is 10.1 Å². The molecule has 0 spiro atoms. The third kappa shape index (κ3) is 3.22. The number of hydrogen-bond donors (Lipinski definition) is 1. The van der Waals surface area contributed by atoms with E-state index in [2.05, 4.69) is 10.3 Å². The minimum Gasteiger partial charge on any atom is -0.496 e. The van der Waals surface area contributed by atoms with E-state index in [9.17, 15) is 0 Å². The van der Waals surface area contributed by atoms with Gasteiger partial charge in [-0.2, -0.15) is 0 Å². The van der Waals surface area contributed by atoms with Gasteiger partial charge in [-0.3, -0.25) is 4.98 Å². The summed E-state index contributed by atoms with van der Waals surface area (Å²) in [5.41, 5.74) is 2.17. The lowest BCUT2D eigenvalue weighted by Gasteiger charge is -2.10. The van der Waals surface area contributed by atoms with Gasteiger partial charge in [0.2, 0.25) is 0 Å². The predicted octanol–water partition coefficient (Wildman–Crippen LogP) is 3.03. The minimum atomic E-state index is 0.685. The summed E-state index contributed by atoms with van der Waals surface area (Å²) in [6.07, 6.45) is 3.40. The van der Waals surface area contributed by atoms with E-state index in [0.717, 1.165) is 23.4 Å². The monoisotopic (exact) mass is 262 g/mol. The van der Waals surface area contributed by atoms with Crippen molar-refractivity contribution in [2.75, 3.05) is 7.11 Å². The zero-order valence-electron chi connectivity index (χ0n) is 10.2. The molecule has 4 heteroatoms. The fourth-order valence-corrected chi connectivity index (χ4v) is 1.91. The highest BCUT2D eigenvalue weighted by Crippen LogP contribution is 2.17. The van der Waals surface area contributed by atoms with E-state index in [-0.39, 0.29) is 0 Å². The van der Waals surface area contributed by atoms with Crippen LogP contribution in [-0.2, 0) is 13.1 Å². The first-order valence-corrected chi connectivity index (χ1v) is 6.10. The summed E-state index contributed by atoms with van der Waals surface area (Å²) < 4.78 is 5.30. The van der Waals surface area contributed by atoms with Crippen LogP contribution in [0.4, 0.5) is 0 Å². The second kappa shape index (κ2) is 6.38. The van der Waals surface area contributed by atoms with Crippen molar-refractivity contribution in [1.82, 2.24) is 10.3 Å². The van der Waals surface area contributed by atoms with Crippen molar-refractivity contribution in [3.8, 4) is 5.75 Å². The Kier molecular flexibility index (Phi) is 4.56. The summed E-state index contributed by atoms with van der Waals surface area (Å²) in [4.78, 5) is 3.96. The average molecular weight is 263 g/mol. The number of para-hydroxylation sites is 1. The Balaban J connectivity index is 1.95. The Bertz CT molecular complexity index is 517. The summed E-state index contributed by atoms with van der Waals surface area (Å²) in [7, 11) is 1.68. The maximum absolute atomic E-state index is 6.04. The number of halogens is 1. The van der Waals surface area contributed by atoms with Gasteiger partial charge in [-0.1, -0.05) is 29.8 Å². The second-order valence-corrected chi connectivity index (χ2v) is 4.29. The minimum absolute atomic E-state index is 0.685. The van der Waals surface area contributed by atoms with Crippen LogP contribution in [0, 0.1) is 0 Å². The fraction of sp³-hybridized carbons (Fsp3) is 0.214.